The highest BCUT2D eigenvalue weighted by Gasteiger charge is 2.31. The molecule has 32 heavy (non-hydrogen) atoms. The van der Waals surface area contributed by atoms with Crippen molar-refractivity contribution in [2.45, 2.75) is 37.1 Å². The summed E-state index contributed by atoms with van der Waals surface area (Å²) in [7, 11) is -3.57. The summed E-state index contributed by atoms with van der Waals surface area (Å²) in [5.74, 6) is 0.338. The van der Waals surface area contributed by atoms with Crippen LogP contribution in [0.4, 0.5) is 0 Å². The number of piperazine rings is 1. The number of hydrogen-bond acceptors (Lipinski definition) is 7. The molecule has 5 rings (SSSR count). The van der Waals surface area contributed by atoms with Crippen molar-refractivity contribution < 1.29 is 13.2 Å². The molecule has 3 aromatic rings. The molecule has 2 aromatic heterocycles. The number of carbonyl (C=O) groups is 1. The Bertz CT molecular complexity index is 1210. The number of aromatic nitrogens is 4. The number of hydrogen-bond donors (Lipinski definition) is 0. The Balaban J connectivity index is 1.20. The number of thiophene rings is 1. The van der Waals surface area contributed by atoms with Gasteiger partial charge in [0, 0.05) is 37.1 Å². The van der Waals surface area contributed by atoms with Crippen LogP contribution in [-0.2, 0) is 34.2 Å². The van der Waals surface area contributed by atoms with Crippen molar-refractivity contribution in [1.29, 1.82) is 0 Å². The van der Waals surface area contributed by atoms with Gasteiger partial charge in [0.15, 0.2) is 0 Å². The van der Waals surface area contributed by atoms with Gasteiger partial charge in [-0.25, -0.2) is 8.42 Å². The van der Waals surface area contributed by atoms with Gasteiger partial charge in [-0.15, -0.1) is 10.2 Å². The molecule has 0 saturated carbocycles. The number of fused-ring (bicyclic) bond motifs is 1. The number of aryl methyl sites for hydroxylation is 2. The highest BCUT2D eigenvalue weighted by Crippen LogP contribution is 2.26. The Kier molecular flexibility index (Phi) is 5.78. The van der Waals surface area contributed by atoms with Gasteiger partial charge in [-0.05, 0) is 65.6 Å². The fraction of sp³-hybridized carbons (Fsp3) is 0.429. The van der Waals surface area contributed by atoms with Gasteiger partial charge in [-0.1, -0.05) is 6.07 Å². The van der Waals surface area contributed by atoms with E-state index < -0.39 is 10.0 Å². The van der Waals surface area contributed by atoms with E-state index in [0.717, 1.165) is 36.8 Å². The minimum absolute atomic E-state index is 0.0191. The van der Waals surface area contributed by atoms with E-state index in [2.05, 4.69) is 15.4 Å². The summed E-state index contributed by atoms with van der Waals surface area (Å²) >= 11 is 1.54. The van der Waals surface area contributed by atoms with Crippen molar-refractivity contribution in [2.24, 2.45) is 0 Å². The Labute approximate surface area is 190 Å². The van der Waals surface area contributed by atoms with Crippen LogP contribution in [-0.4, -0.2) is 69.9 Å². The van der Waals surface area contributed by atoms with Crippen LogP contribution < -0.4 is 0 Å². The van der Waals surface area contributed by atoms with Crippen LogP contribution in [0.3, 0.4) is 0 Å². The van der Waals surface area contributed by atoms with Gasteiger partial charge in [0.1, 0.15) is 6.54 Å². The van der Waals surface area contributed by atoms with E-state index in [1.807, 2.05) is 29.0 Å². The van der Waals surface area contributed by atoms with E-state index >= 15 is 0 Å². The second kappa shape index (κ2) is 8.72. The Morgan fingerprint density at radius 1 is 1.03 bits per heavy atom. The maximum absolute atomic E-state index is 13.1. The third-order valence-corrected chi connectivity index (χ3v) is 8.64. The predicted octanol–water partition coefficient (Wildman–Crippen LogP) is 1.81. The third kappa shape index (κ3) is 4.19. The lowest BCUT2D eigenvalue weighted by atomic mass is 9.92. The molecule has 0 atom stereocenters. The standard InChI is InChI=1S/C21H24N6O3S2/c28-20(14-27-23-21(22-24-27)18-7-12-31-15-18)25-8-10-26(11-9-25)32(29,30)19-6-5-16-3-1-2-4-17(16)13-19/h5-7,12-13,15H,1-4,8-11,14H2. The van der Waals surface area contributed by atoms with Crippen LogP contribution in [0.5, 0.6) is 0 Å². The molecular weight excluding hydrogens is 448 g/mol. The van der Waals surface area contributed by atoms with Gasteiger partial charge >= 0.3 is 0 Å². The summed E-state index contributed by atoms with van der Waals surface area (Å²) < 4.78 is 27.8. The van der Waals surface area contributed by atoms with E-state index in [-0.39, 0.29) is 25.5 Å². The fourth-order valence-corrected chi connectivity index (χ4v) is 6.34. The number of tetrazole rings is 1. The van der Waals surface area contributed by atoms with Crippen LogP contribution in [0, 0.1) is 0 Å². The molecule has 0 spiro atoms. The zero-order valence-electron chi connectivity index (χ0n) is 17.6. The second-order valence-corrected chi connectivity index (χ2v) is 10.8. The summed E-state index contributed by atoms with van der Waals surface area (Å²) in [4.78, 5) is 16.0. The average Bonchev–Trinajstić information content (AvgIpc) is 3.51. The molecule has 0 radical (unpaired) electrons. The van der Waals surface area contributed by atoms with Gasteiger partial charge in [0.25, 0.3) is 0 Å². The van der Waals surface area contributed by atoms with Crippen LogP contribution in [0.15, 0.2) is 39.9 Å². The first kappa shape index (κ1) is 21.2. The molecule has 1 amide bonds. The highest BCUT2D eigenvalue weighted by molar-refractivity contribution is 7.89. The van der Waals surface area contributed by atoms with Crippen LogP contribution in [0.1, 0.15) is 24.0 Å². The maximum atomic E-state index is 13.1. The smallest absolute Gasteiger partial charge is 0.246 e. The van der Waals surface area contributed by atoms with Crippen LogP contribution in [0.25, 0.3) is 11.4 Å². The Hall–Kier alpha value is -2.63. The van der Waals surface area contributed by atoms with Gasteiger partial charge in [0.05, 0.1) is 4.90 Å². The summed E-state index contributed by atoms with van der Waals surface area (Å²) in [6, 6.07) is 7.41. The maximum Gasteiger partial charge on any atom is 0.246 e. The molecular formula is C21H24N6O3S2. The predicted molar refractivity (Wildman–Crippen MR) is 120 cm³/mol. The van der Waals surface area contributed by atoms with Crippen molar-refractivity contribution in [3.05, 3.63) is 46.2 Å². The summed E-state index contributed by atoms with van der Waals surface area (Å²) in [5.41, 5.74) is 3.28. The van der Waals surface area contributed by atoms with Crippen LogP contribution in [0.2, 0.25) is 0 Å². The summed E-state index contributed by atoms with van der Waals surface area (Å²) in [5, 5.41) is 16.1. The molecule has 2 aliphatic rings. The normalized spacial score (nSPS) is 17.3. The van der Waals surface area contributed by atoms with E-state index in [9.17, 15) is 13.2 Å². The monoisotopic (exact) mass is 472 g/mol. The van der Waals surface area contributed by atoms with Crippen molar-refractivity contribution in [1.82, 2.24) is 29.4 Å². The number of sulfonamides is 1. The molecule has 1 fully saturated rings. The van der Waals surface area contributed by atoms with Gasteiger partial charge < -0.3 is 4.90 Å². The van der Waals surface area contributed by atoms with Crippen molar-refractivity contribution >= 4 is 27.3 Å². The molecule has 1 aromatic carbocycles. The van der Waals surface area contributed by atoms with Crippen molar-refractivity contribution in [3.63, 3.8) is 0 Å². The van der Waals surface area contributed by atoms with E-state index in [4.69, 9.17) is 0 Å². The van der Waals surface area contributed by atoms with Crippen molar-refractivity contribution in [3.8, 4) is 11.4 Å². The lowest BCUT2D eigenvalue weighted by Gasteiger charge is -2.34. The molecule has 3 heterocycles. The molecule has 1 aliphatic carbocycles. The Morgan fingerprint density at radius 3 is 2.56 bits per heavy atom. The molecule has 0 bridgehead atoms. The number of amides is 1. The average molecular weight is 473 g/mol. The number of rotatable bonds is 5. The first-order chi connectivity index (χ1) is 15.5. The molecule has 11 heteroatoms. The first-order valence-corrected chi connectivity index (χ1v) is 13.1. The highest BCUT2D eigenvalue weighted by atomic mass is 32.2. The molecule has 1 saturated heterocycles. The largest absolute Gasteiger partial charge is 0.338 e. The number of benzene rings is 1. The number of nitrogens with zero attached hydrogens (tertiary/aromatic N) is 6. The quantitative estimate of drug-likeness (QED) is 0.561. The summed E-state index contributed by atoms with van der Waals surface area (Å²) in [6.07, 6.45) is 4.22. The zero-order chi connectivity index (χ0) is 22.1. The minimum Gasteiger partial charge on any atom is -0.338 e. The molecule has 9 nitrogen and oxygen atoms in total. The minimum atomic E-state index is -3.57. The van der Waals surface area contributed by atoms with Gasteiger partial charge in [-0.3, -0.25) is 4.79 Å². The Morgan fingerprint density at radius 2 is 1.81 bits per heavy atom. The molecule has 168 valence electrons. The first-order valence-electron chi connectivity index (χ1n) is 10.7. The van der Waals surface area contributed by atoms with E-state index in [0.29, 0.717) is 23.8 Å². The zero-order valence-corrected chi connectivity index (χ0v) is 19.2. The molecule has 0 unspecified atom stereocenters. The van der Waals surface area contributed by atoms with Gasteiger partial charge in [0.2, 0.25) is 21.8 Å². The van der Waals surface area contributed by atoms with Crippen molar-refractivity contribution in [2.75, 3.05) is 26.2 Å². The fourth-order valence-electron chi connectivity index (χ4n) is 4.24. The molecule has 1 aliphatic heterocycles. The second-order valence-electron chi connectivity index (χ2n) is 8.08. The van der Waals surface area contributed by atoms with E-state index in [1.165, 1.54) is 14.7 Å². The van der Waals surface area contributed by atoms with Crippen LogP contribution >= 0.6 is 11.3 Å². The topological polar surface area (TPSA) is 101 Å². The third-order valence-electron chi connectivity index (χ3n) is 6.06. The number of carbonyl (C=O) groups excluding carboxylic acids is 1. The van der Waals surface area contributed by atoms with Gasteiger partial charge in [-0.2, -0.15) is 20.4 Å². The summed E-state index contributed by atoms with van der Waals surface area (Å²) in [6.45, 7) is 1.21. The molecule has 0 N–H and O–H groups in total. The lowest BCUT2D eigenvalue weighted by Crippen LogP contribution is -2.51. The lowest BCUT2D eigenvalue weighted by molar-refractivity contribution is -0.133. The van der Waals surface area contributed by atoms with E-state index in [1.54, 1.807) is 22.3 Å². The SMILES string of the molecule is O=C(Cn1nnc(-c2ccsc2)n1)N1CCN(S(=O)(=O)c2ccc3c(c2)CCCC3)CC1.